The van der Waals surface area contributed by atoms with E-state index in [0.717, 1.165) is 31.9 Å². The molecule has 6 heteroatoms. The van der Waals surface area contributed by atoms with Crippen LogP contribution in [-0.2, 0) is 10.0 Å². The second-order valence-electron chi connectivity index (χ2n) is 7.75. The zero-order valence-corrected chi connectivity index (χ0v) is 16.4. The Kier molecular flexibility index (Phi) is 6.22. The number of carbonyl (C=O) groups excluding carboxylic acids is 1. The van der Waals surface area contributed by atoms with Gasteiger partial charge in [0.15, 0.2) is 0 Å². The third kappa shape index (κ3) is 5.00. The van der Waals surface area contributed by atoms with Gasteiger partial charge in [-0.15, -0.1) is 0 Å². The monoisotopic (exact) mass is 378 g/mol. The Hall–Kier alpha value is -1.56. The second kappa shape index (κ2) is 8.42. The van der Waals surface area contributed by atoms with Gasteiger partial charge in [-0.05, 0) is 49.9 Å². The van der Waals surface area contributed by atoms with Crippen molar-refractivity contribution < 1.29 is 13.2 Å². The van der Waals surface area contributed by atoms with Gasteiger partial charge in [-0.3, -0.25) is 9.52 Å². The predicted molar refractivity (Wildman–Crippen MR) is 105 cm³/mol. The molecule has 2 aliphatic rings. The molecule has 1 amide bonds. The van der Waals surface area contributed by atoms with E-state index in [1.807, 2.05) is 0 Å². The summed E-state index contributed by atoms with van der Waals surface area (Å²) in [6, 6.07) is 7.55. The van der Waals surface area contributed by atoms with Crippen molar-refractivity contribution in [2.24, 2.45) is 0 Å². The molecule has 3 rings (SSSR count). The Morgan fingerprint density at radius 3 is 1.77 bits per heavy atom. The van der Waals surface area contributed by atoms with Crippen LogP contribution in [-0.4, -0.2) is 37.6 Å². The summed E-state index contributed by atoms with van der Waals surface area (Å²) in [6.45, 7) is 0. The molecule has 144 valence electrons. The molecule has 0 heterocycles. The lowest BCUT2D eigenvalue weighted by Crippen LogP contribution is -2.48. The Bertz CT molecular complexity index is 685. The molecule has 26 heavy (non-hydrogen) atoms. The van der Waals surface area contributed by atoms with Crippen molar-refractivity contribution >= 4 is 21.6 Å². The van der Waals surface area contributed by atoms with Gasteiger partial charge in [0.2, 0.25) is 10.0 Å². The third-order valence-electron chi connectivity index (χ3n) is 5.61. The molecule has 0 bridgehead atoms. The average molecular weight is 379 g/mol. The fourth-order valence-electron chi connectivity index (χ4n) is 4.39. The summed E-state index contributed by atoms with van der Waals surface area (Å²) in [5.74, 6) is 0.106. The highest BCUT2D eigenvalue weighted by Gasteiger charge is 2.32. The summed E-state index contributed by atoms with van der Waals surface area (Å²) in [6.07, 6.45) is 12.9. The standard InChI is InChI=1S/C20H30N2O3S/c1-26(24,25)21-17-14-12-16(13-15-17)20(23)22(18-8-4-2-5-9-18)19-10-6-3-7-11-19/h12-15,18-19,21H,2-11H2,1H3. The largest absolute Gasteiger partial charge is 0.333 e. The molecule has 2 fully saturated rings. The molecule has 5 nitrogen and oxygen atoms in total. The van der Waals surface area contributed by atoms with Crippen molar-refractivity contribution in [1.82, 2.24) is 4.90 Å². The molecular formula is C20H30N2O3S. The van der Waals surface area contributed by atoms with E-state index in [0.29, 0.717) is 23.3 Å². The fourth-order valence-corrected chi connectivity index (χ4v) is 4.96. The molecule has 0 radical (unpaired) electrons. The van der Waals surface area contributed by atoms with Crippen LogP contribution >= 0.6 is 0 Å². The van der Waals surface area contributed by atoms with E-state index in [1.54, 1.807) is 24.3 Å². The summed E-state index contributed by atoms with van der Waals surface area (Å²) >= 11 is 0. The maximum atomic E-state index is 13.3. The highest BCUT2D eigenvalue weighted by molar-refractivity contribution is 7.92. The van der Waals surface area contributed by atoms with Crippen LogP contribution in [0.5, 0.6) is 0 Å². The maximum Gasteiger partial charge on any atom is 0.254 e. The van der Waals surface area contributed by atoms with Crippen molar-refractivity contribution in [1.29, 1.82) is 0 Å². The first-order chi connectivity index (χ1) is 12.4. The molecular weight excluding hydrogens is 348 g/mol. The van der Waals surface area contributed by atoms with E-state index < -0.39 is 10.0 Å². The van der Waals surface area contributed by atoms with Gasteiger partial charge in [-0.1, -0.05) is 38.5 Å². The summed E-state index contributed by atoms with van der Waals surface area (Å²) in [4.78, 5) is 15.5. The average Bonchev–Trinajstić information content (AvgIpc) is 2.63. The molecule has 0 saturated heterocycles. The Labute approximate surface area is 157 Å². The Morgan fingerprint density at radius 2 is 1.35 bits per heavy atom. The van der Waals surface area contributed by atoms with Crippen molar-refractivity contribution in [2.75, 3.05) is 11.0 Å². The maximum absolute atomic E-state index is 13.3. The number of anilines is 1. The lowest BCUT2D eigenvalue weighted by molar-refractivity contribution is 0.0448. The molecule has 0 unspecified atom stereocenters. The van der Waals surface area contributed by atoms with Crippen LogP contribution in [0.3, 0.4) is 0 Å². The van der Waals surface area contributed by atoms with Gasteiger partial charge < -0.3 is 4.90 Å². The molecule has 2 saturated carbocycles. The molecule has 0 spiro atoms. The van der Waals surface area contributed by atoms with E-state index in [4.69, 9.17) is 0 Å². The number of sulfonamides is 1. The summed E-state index contributed by atoms with van der Waals surface area (Å²) in [5.41, 5.74) is 1.14. The van der Waals surface area contributed by atoms with Gasteiger partial charge in [-0.2, -0.15) is 0 Å². The van der Waals surface area contributed by atoms with Crippen LogP contribution < -0.4 is 4.72 Å². The number of carbonyl (C=O) groups is 1. The number of nitrogens with zero attached hydrogens (tertiary/aromatic N) is 1. The van der Waals surface area contributed by atoms with Gasteiger partial charge in [0.1, 0.15) is 0 Å². The minimum Gasteiger partial charge on any atom is -0.333 e. The molecule has 1 aromatic rings. The molecule has 0 atom stereocenters. The summed E-state index contributed by atoms with van der Waals surface area (Å²) in [5, 5.41) is 0. The predicted octanol–water partition coefficient (Wildman–Crippen LogP) is 4.17. The van der Waals surface area contributed by atoms with Gasteiger partial charge in [0, 0.05) is 23.3 Å². The van der Waals surface area contributed by atoms with Gasteiger partial charge in [-0.25, -0.2) is 8.42 Å². The number of rotatable bonds is 5. The van der Waals surface area contributed by atoms with Crippen LogP contribution in [0.4, 0.5) is 5.69 Å². The highest BCUT2D eigenvalue weighted by Crippen LogP contribution is 2.31. The first-order valence-electron chi connectivity index (χ1n) is 9.84. The van der Waals surface area contributed by atoms with Crippen LogP contribution in [0.1, 0.15) is 74.6 Å². The van der Waals surface area contributed by atoms with Crippen molar-refractivity contribution in [3.8, 4) is 0 Å². The van der Waals surface area contributed by atoms with E-state index in [-0.39, 0.29) is 5.91 Å². The normalized spacial score (nSPS) is 19.9. The summed E-state index contributed by atoms with van der Waals surface area (Å²) in [7, 11) is -3.31. The number of hydrogen-bond acceptors (Lipinski definition) is 3. The molecule has 1 aromatic carbocycles. The van der Waals surface area contributed by atoms with E-state index in [9.17, 15) is 13.2 Å². The van der Waals surface area contributed by atoms with Crippen LogP contribution in [0.2, 0.25) is 0 Å². The second-order valence-corrected chi connectivity index (χ2v) is 9.50. The lowest BCUT2D eigenvalue weighted by Gasteiger charge is -2.42. The van der Waals surface area contributed by atoms with Gasteiger partial charge >= 0.3 is 0 Å². The molecule has 0 aromatic heterocycles. The SMILES string of the molecule is CS(=O)(=O)Nc1ccc(C(=O)N(C2CCCCC2)C2CCCCC2)cc1. The zero-order valence-electron chi connectivity index (χ0n) is 15.6. The van der Waals surface area contributed by atoms with Gasteiger partial charge in [0.05, 0.1) is 6.26 Å². The smallest absolute Gasteiger partial charge is 0.254 e. The van der Waals surface area contributed by atoms with Crippen LogP contribution in [0.15, 0.2) is 24.3 Å². The van der Waals surface area contributed by atoms with Crippen molar-refractivity contribution in [3.63, 3.8) is 0 Å². The molecule has 2 aliphatic carbocycles. The zero-order chi connectivity index (χ0) is 18.6. The highest BCUT2D eigenvalue weighted by atomic mass is 32.2. The van der Waals surface area contributed by atoms with Crippen LogP contribution in [0, 0.1) is 0 Å². The van der Waals surface area contributed by atoms with E-state index in [2.05, 4.69) is 9.62 Å². The van der Waals surface area contributed by atoms with Gasteiger partial charge in [0.25, 0.3) is 5.91 Å². The molecule has 0 aliphatic heterocycles. The minimum atomic E-state index is -3.31. The first-order valence-corrected chi connectivity index (χ1v) is 11.7. The molecule has 1 N–H and O–H groups in total. The number of benzene rings is 1. The number of amides is 1. The Balaban J connectivity index is 1.79. The first kappa shape index (κ1) is 19.2. The number of nitrogens with one attached hydrogen (secondary N) is 1. The third-order valence-corrected chi connectivity index (χ3v) is 6.21. The Morgan fingerprint density at radius 1 is 0.885 bits per heavy atom. The van der Waals surface area contributed by atoms with Crippen molar-refractivity contribution in [2.45, 2.75) is 76.3 Å². The van der Waals surface area contributed by atoms with E-state index in [1.165, 1.54) is 38.5 Å². The lowest BCUT2D eigenvalue weighted by atomic mass is 9.88. The number of hydrogen-bond donors (Lipinski definition) is 1. The fraction of sp³-hybridized carbons (Fsp3) is 0.650. The topological polar surface area (TPSA) is 66.5 Å². The minimum absolute atomic E-state index is 0.106. The van der Waals surface area contributed by atoms with Crippen LogP contribution in [0.25, 0.3) is 0 Å². The quantitative estimate of drug-likeness (QED) is 0.836. The van der Waals surface area contributed by atoms with Crippen molar-refractivity contribution in [3.05, 3.63) is 29.8 Å². The summed E-state index contributed by atoms with van der Waals surface area (Å²) < 4.78 is 25.2. The van der Waals surface area contributed by atoms with E-state index >= 15 is 0 Å².